The first-order valence-corrected chi connectivity index (χ1v) is 13.1. The van der Waals surface area contributed by atoms with E-state index < -0.39 is 43.0 Å². The molecule has 1 aliphatic heterocycles. The molecule has 41 heavy (non-hydrogen) atoms. The first-order chi connectivity index (χ1) is 19.3. The SMILES string of the molecule is COc1ccc(NC(=O)N(C)C[C@H]2Oc3ccc(NC(=O)CCC(F)(F)F)cc3C(=O)N([C@H](C)CO)C[C@@H]2C)cc1. The van der Waals surface area contributed by atoms with Gasteiger partial charge in [-0.05, 0) is 49.4 Å². The number of likely N-dealkylation sites (N-methyl/N-ethyl adjacent to an activating group) is 1. The molecular formula is C28H35F3N4O6. The zero-order chi connectivity index (χ0) is 30.3. The molecule has 0 saturated heterocycles. The summed E-state index contributed by atoms with van der Waals surface area (Å²) in [6.07, 6.45) is -7.08. The Hall–Kier alpha value is -4.00. The number of benzene rings is 2. The standard InChI is InChI=1S/C28H35F3N4O6/c1-17-14-35(18(2)16-36)26(38)22-13-20(32-25(37)11-12-28(29,30)31)7-10-23(22)41-24(17)15-34(3)27(39)33-19-5-8-21(40-4)9-6-19/h5-10,13,17-18,24,36H,11-12,14-16H2,1-4H3,(H,32,37)(H,33,39)/t17-,18+,24+/m0/s1. The van der Waals surface area contributed by atoms with Gasteiger partial charge in [0, 0.05) is 37.3 Å². The number of nitrogens with zero attached hydrogens (tertiary/aromatic N) is 2. The number of ether oxygens (including phenoxy) is 2. The molecule has 224 valence electrons. The van der Waals surface area contributed by atoms with Gasteiger partial charge in [0.1, 0.15) is 17.6 Å². The smallest absolute Gasteiger partial charge is 0.389 e. The Labute approximate surface area is 236 Å². The van der Waals surface area contributed by atoms with Gasteiger partial charge in [-0.25, -0.2) is 4.79 Å². The highest BCUT2D eigenvalue weighted by Crippen LogP contribution is 2.31. The summed E-state index contributed by atoms with van der Waals surface area (Å²) in [5.41, 5.74) is 0.768. The number of nitrogens with one attached hydrogen (secondary N) is 2. The maximum Gasteiger partial charge on any atom is 0.389 e. The molecule has 0 saturated carbocycles. The number of urea groups is 1. The molecular weight excluding hydrogens is 545 g/mol. The number of carbonyl (C=O) groups excluding carboxylic acids is 3. The van der Waals surface area contributed by atoms with Crippen LogP contribution in [0.4, 0.5) is 29.3 Å². The van der Waals surface area contributed by atoms with Crippen molar-refractivity contribution in [3.05, 3.63) is 48.0 Å². The minimum atomic E-state index is -4.47. The number of hydrogen-bond acceptors (Lipinski definition) is 6. The normalized spacial score (nSPS) is 17.9. The first-order valence-electron chi connectivity index (χ1n) is 13.1. The number of amides is 4. The van der Waals surface area contributed by atoms with Crippen molar-refractivity contribution in [1.82, 2.24) is 9.80 Å². The number of anilines is 2. The van der Waals surface area contributed by atoms with Gasteiger partial charge in [0.05, 0.1) is 38.3 Å². The zero-order valence-electron chi connectivity index (χ0n) is 23.3. The van der Waals surface area contributed by atoms with Crippen LogP contribution in [0.25, 0.3) is 0 Å². The predicted octanol–water partition coefficient (Wildman–Crippen LogP) is 4.36. The molecule has 3 atom stereocenters. The van der Waals surface area contributed by atoms with Gasteiger partial charge in [-0.2, -0.15) is 13.2 Å². The molecule has 0 spiro atoms. The second-order valence-corrected chi connectivity index (χ2v) is 10.0. The Morgan fingerprint density at radius 2 is 1.83 bits per heavy atom. The highest BCUT2D eigenvalue weighted by Gasteiger charge is 2.34. The highest BCUT2D eigenvalue weighted by molar-refractivity contribution is 6.00. The number of aliphatic hydroxyl groups is 1. The molecule has 1 aliphatic rings. The van der Waals surface area contributed by atoms with Crippen molar-refractivity contribution in [3.8, 4) is 11.5 Å². The zero-order valence-corrected chi connectivity index (χ0v) is 23.3. The fourth-order valence-electron chi connectivity index (χ4n) is 4.24. The second kappa shape index (κ2) is 13.6. The predicted molar refractivity (Wildman–Crippen MR) is 146 cm³/mol. The van der Waals surface area contributed by atoms with Crippen LogP contribution in [0.1, 0.15) is 37.0 Å². The monoisotopic (exact) mass is 580 g/mol. The lowest BCUT2D eigenvalue weighted by molar-refractivity contribution is -0.142. The van der Waals surface area contributed by atoms with E-state index in [9.17, 15) is 32.7 Å². The van der Waals surface area contributed by atoms with Crippen molar-refractivity contribution in [2.45, 2.75) is 45.0 Å². The number of carbonyl (C=O) groups is 3. The van der Waals surface area contributed by atoms with Gasteiger partial charge in [0.2, 0.25) is 5.91 Å². The number of halogens is 3. The lowest BCUT2D eigenvalue weighted by Gasteiger charge is -2.38. The number of methoxy groups -OCH3 is 1. The quantitative estimate of drug-likeness (QED) is 0.406. The van der Waals surface area contributed by atoms with Crippen molar-refractivity contribution < 1.29 is 42.1 Å². The Kier molecular flexibility index (Phi) is 10.4. The molecule has 10 nitrogen and oxygen atoms in total. The first kappa shape index (κ1) is 31.5. The molecule has 2 aromatic carbocycles. The van der Waals surface area contributed by atoms with Crippen LogP contribution < -0.4 is 20.1 Å². The van der Waals surface area contributed by atoms with E-state index in [-0.39, 0.29) is 48.6 Å². The molecule has 0 bridgehead atoms. The summed E-state index contributed by atoms with van der Waals surface area (Å²) in [7, 11) is 3.15. The minimum absolute atomic E-state index is 0.0705. The molecule has 0 radical (unpaired) electrons. The highest BCUT2D eigenvalue weighted by atomic mass is 19.4. The summed E-state index contributed by atoms with van der Waals surface area (Å²) < 4.78 is 48.9. The summed E-state index contributed by atoms with van der Waals surface area (Å²) in [5.74, 6) is -0.757. The van der Waals surface area contributed by atoms with Crippen molar-refractivity contribution in [3.63, 3.8) is 0 Å². The van der Waals surface area contributed by atoms with Gasteiger partial charge >= 0.3 is 12.2 Å². The Morgan fingerprint density at radius 3 is 2.44 bits per heavy atom. The number of alkyl halides is 3. The molecule has 0 aliphatic carbocycles. The molecule has 13 heteroatoms. The average Bonchev–Trinajstić information content (AvgIpc) is 2.93. The van der Waals surface area contributed by atoms with Crippen LogP contribution >= 0.6 is 0 Å². The van der Waals surface area contributed by atoms with Crippen molar-refractivity contribution in [2.24, 2.45) is 5.92 Å². The molecule has 3 N–H and O–H groups in total. The number of hydrogen-bond donors (Lipinski definition) is 3. The Morgan fingerprint density at radius 1 is 1.17 bits per heavy atom. The van der Waals surface area contributed by atoms with Gasteiger partial charge in [0.15, 0.2) is 0 Å². The van der Waals surface area contributed by atoms with Gasteiger partial charge in [-0.15, -0.1) is 0 Å². The molecule has 0 aromatic heterocycles. The van der Waals surface area contributed by atoms with Crippen LogP contribution in [-0.4, -0.2) is 84.9 Å². The molecule has 3 rings (SSSR count). The molecule has 4 amide bonds. The Balaban J connectivity index is 1.81. The third kappa shape index (κ3) is 8.74. The van der Waals surface area contributed by atoms with Crippen LogP contribution in [0, 0.1) is 5.92 Å². The van der Waals surface area contributed by atoms with Crippen LogP contribution in [-0.2, 0) is 4.79 Å². The third-order valence-electron chi connectivity index (χ3n) is 6.73. The number of fused-ring (bicyclic) bond motifs is 1. The van der Waals surface area contributed by atoms with E-state index in [0.29, 0.717) is 11.4 Å². The molecule has 1 heterocycles. The minimum Gasteiger partial charge on any atom is -0.497 e. The van der Waals surface area contributed by atoms with E-state index in [2.05, 4.69) is 10.6 Å². The summed E-state index contributed by atoms with van der Waals surface area (Å²) >= 11 is 0. The van der Waals surface area contributed by atoms with Crippen LogP contribution in [0.2, 0.25) is 0 Å². The van der Waals surface area contributed by atoms with E-state index >= 15 is 0 Å². The van der Waals surface area contributed by atoms with Crippen LogP contribution in [0.5, 0.6) is 11.5 Å². The number of aliphatic hydroxyl groups excluding tert-OH is 1. The molecule has 0 unspecified atom stereocenters. The Bertz CT molecular complexity index is 1220. The van der Waals surface area contributed by atoms with Crippen LogP contribution in [0.15, 0.2) is 42.5 Å². The third-order valence-corrected chi connectivity index (χ3v) is 6.73. The van der Waals surface area contributed by atoms with E-state index in [1.807, 2.05) is 6.92 Å². The summed E-state index contributed by atoms with van der Waals surface area (Å²) in [4.78, 5) is 41.4. The summed E-state index contributed by atoms with van der Waals surface area (Å²) in [6.45, 7) is 3.58. The van der Waals surface area contributed by atoms with Gasteiger partial charge < -0.3 is 35.0 Å². The largest absolute Gasteiger partial charge is 0.497 e. The molecule has 2 aromatic rings. The lowest BCUT2D eigenvalue weighted by atomic mass is 9.99. The van der Waals surface area contributed by atoms with E-state index in [4.69, 9.17) is 9.47 Å². The second-order valence-electron chi connectivity index (χ2n) is 10.0. The van der Waals surface area contributed by atoms with Gasteiger partial charge in [-0.3, -0.25) is 9.59 Å². The summed E-state index contributed by atoms with van der Waals surface area (Å²) in [6, 6.07) is 10.1. The van der Waals surface area contributed by atoms with Crippen molar-refractivity contribution in [2.75, 3.05) is 44.5 Å². The van der Waals surface area contributed by atoms with Gasteiger partial charge in [-0.1, -0.05) is 6.92 Å². The average molecular weight is 581 g/mol. The molecule has 0 fully saturated rings. The summed E-state index contributed by atoms with van der Waals surface area (Å²) in [5, 5.41) is 15.0. The van der Waals surface area contributed by atoms with Gasteiger partial charge in [0.25, 0.3) is 5.91 Å². The van der Waals surface area contributed by atoms with Crippen molar-refractivity contribution in [1.29, 1.82) is 0 Å². The van der Waals surface area contributed by atoms with Crippen LogP contribution in [0.3, 0.4) is 0 Å². The maximum absolute atomic E-state index is 13.5. The van der Waals surface area contributed by atoms with Crippen molar-refractivity contribution >= 4 is 29.2 Å². The number of rotatable bonds is 9. The maximum atomic E-state index is 13.5. The fourth-order valence-corrected chi connectivity index (χ4v) is 4.24. The topological polar surface area (TPSA) is 120 Å². The van der Waals surface area contributed by atoms with E-state index in [1.165, 1.54) is 28.0 Å². The fraction of sp³-hybridized carbons (Fsp3) is 0.464. The lowest BCUT2D eigenvalue weighted by Crippen LogP contribution is -2.50. The van der Waals surface area contributed by atoms with E-state index in [0.717, 1.165) is 0 Å². The van der Waals surface area contributed by atoms with E-state index in [1.54, 1.807) is 45.3 Å².